The Bertz CT molecular complexity index is 321. The predicted octanol–water partition coefficient (Wildman–Crippen LogP) is 3.31. The molecule has 0 atom stereocenters. The van der Waals surface area contributed by atoms with Gasteiger partial charge in [0, 0.05) is 0 Å². The van der Waals surface area contributed by atoms with E-state index in [-0.39, 0.29) is 5.82 Å². The van der Waals surface area contributed by atoms with Crippen LogP contribution in [0.5, 0.6) is 0 Å². The molecule has 1 N–H and O–H groups in total. The first kappa shape index (κ1) is 13.2. The summed E-state index contributed by atoms with van der Waals surface area (Å²) in [4.78, 5) is 0. The number of hydrogen-bond donors (Lipinski definition) is 1. The Morgan fingerprint density at radius 1 is 1.31 bits per heavy atom. The van der Waals surface area contributed by atoms with Crippen molar-refractivity contribution < 1.29 is 4.39 Å². The first-order valence-corrected chi connectivity index (χ1v) is 6.05. The summed E-state index contributed by atoms with van der Waals surface area (Å²) in [6.07, 6.45) is 2.01. The molecule has 1 rings (SSSR count). The lowest BCUT2D eigenvalue weighted by Gasteiger charge is -2.07. The summed E-state index contributed by atoms with van der Waals surface area (Å²) in [6.45, 7) is 8.25. The molecule has 90 valence electrons. The van der Waals surface area contributed by atoms with Crippen molar-refractivity contribution in [2.75, 3.05) is 13.1 Å². The molecule has 0 aliphatic rings. The zero-order chi connectivity index (χ0) is 12.0. The Hall–Kier alpha value is -0.890. The van der Waals surface area contributed by atoms with Crippen molar-refractivity contribution in [2.45, 2.75) is 33.6 Å². The Morgan fingerprint density at radius 2 is 2.06 bits per heavy atom. The predicted molar refractivity (Wildman–Crippen MR) is 67.2 cm³/mol. The van der Waals surface area contributed by atoms with Gasteiger partial charge in [0.15, 0.2) is 0 Å². The zero-order valence-electron chi connectivity index (χ0n) is 10.5. The third-order valence-electron chi connectivity index (χ3n) is 2.61. The standard InChI is InChI=1S/C14H22FN/c1-11(2)10-16-8-4-5-13-7-6-12(3)14(15)9-13/h6-7,9,11,16H,4-5,8,10H2,1-3H3. The van der Waals surface area contributed by atoms with Crippen molar-refractivity contribution >= 4 is 0 Å². The van der Waals surface area contributed by atoms with Crippen LogP contribution in [0.1, 0.15) is 31.4 Å². The Labute approximate surface area is 98.1 Å². The van der Waals surface area contributed by atoms with Crippen LogP contribution in [0.3, 0.4) is 0 Å². The van der Waals surface area contributed by atoms with Crippen LogP contribution in [0.15, 0.2) is 18.2 Å². The quantitative estimate of drug-likeness (QED) is 0.730. The first-order valence-electron chi connectivity index (χ1n) is 6.05. The van der Waals surface area contributed by atoms with Crippen molar-refractivity contribution in [3.8, 4) is 0 Å². The van der Waals surface area contributed by atoms with Crippen LogP contribution in [0, 0.1) is 18.7 Å². The monoisotopic (exact) mass is 223 g/mol. The Balaban J connectivity index is 2.24. The van der Waals surface area contributed by atoms with Crippen LogP contribution in [0.4, 0.5) is 4.39 Å². The topological polar surface area (TPSA) is 12.0 Å². The van der Waals surface area contributed by atoms with Crippen LogP contribution in [0.25, 0.3) is 0 Å². The summed E-state index contributed by atoms with van der Waals surface area (Å²) < 4.78 is 13.2. The SMILES string of the molecule is Cc1ccc(CCCNCC(C)C)cc1F. The van der Waals surface area contributed by atoms with E-state index in [0.717, 1.165) is 37.1 Å². The fourth-order valence-electron chi connectivity index (χ4n) is 1.60. The molecule has 2 heteroatoms. The maximum absolute atomic E-state index is 13.2. The molecule has 0 aliphatic heterocycles. The summed E-state index contributed by atoms with van der Waals surface area (Å²) in [5.41, 5.74) is 1.82. The molecule has 0 aliphatic carbocycles. The van der Waals surface area contributed by atoms with Crippen LogP contribution in [0.2, 0.25) is 0 Å². The van der Waals surface area contributed by atoms with Gasteiger partial charge < -0.3 is 5.32 Å². The minimum atomic E-state index is -0.0901. The van der Waals surface area contributed by atoms with Gasteiger partial charge in [-0.1, -0.05) is 26.0 Å². The molecule has 0 saturated heterocycles. The maximum Gasteiger partial charge on any atom is 0.126 e. The number of benzene rings is 1. The van der Waals surface area contributed by atoms with Gasteiger partial charge in [-0.05, 0) is 56.0 Å². The number of aryl methyl sites for hydroxylation is 2. The molecule has 0 aromatic heterocycles. The molecule has 0 fully saturated rings. The lowest BCUT2D eigenvalue weighted by Crippen LogP contribution is -2.21. The average molecular weight is 223 g/mol. The normalized spacial score (nSPS) is 11.1. The van der Waals surface area contributed by atoms with Gasteiger partial charge in [0.2, 0.25) is 0 Å². The molecular weight excluding hydrogens is 201 g/mol. The molecule has 0 amide bonds. The van der Waals surface area contributed by atoms with E-state index < -0.39 is 0 Å². The van der Waals surface area contributed by atoms with Crippen LogP contribution in [-0.4, -0.2) is 13.1 Å². The van der Waals surface area contributed by atoms with Gasteiger partial charge in [-0.3, -0.25) is 0 Å². The Kier molecular flexibility index (Phi) is 5.47. The van der Waals surface area contributed by atoms with Gasteiger partial charge in [-0.25, -0.2) is 4.39 Å². The molecule has 0 heterocycles. The zero-order valence-corrected chi connectivity index (χ0v) is 10.5. The summed E-state index contributed by atoms with van der Waals surface area (Å²) in [7, 11) is 0. The minimum Gasteiger partial charge on any atom is -0.316 e. The molecule has 0 spiro atoms. The third-order valence-corrected chi connectivity index (χ3v) is 2.61. The van der Waals surface area contributed by atoms with E-state index in [0.29, 0.717) is 5.92 Å². The Morgan fingerprint density at radius 3 is 2.69 bits per heavy atom. The van der Waals surface area contributed by atoms with Crippen molar-refractivity contribution in [1.82, 2.24) is 5.32 Å². The van der Waals surface area contributed by atoms with Gasteiger partial charge in [0.05, 0.1) is 0 Å². The second-order valence-electron chi connectivity index (χ2n) is 4.79. The average Bonchev–Trinajstić information content (AvgIpc) is 2.22. The van der Waals surface area contributed by atoms with E-state index >= 15 is 0 Å². The number of rotatable bonds is 6. The lowest BCUT2D eigenvalue weighted by molar-refractivity contribution is 0.542. The smallest absolute Gasteiger partial charge is 0.126 e. The summed E-state index contributed by atoms with van der Waals surface area (Å²) >= 11 is 0. The number of hydrogen-bond acceptors (Lipinski definition) is 1. The molecule has 0 unspecified atom stereocenters. The van der Waals surface area contributed by atoms with E-state index in [1.54, 1.807) is 13.0 Å². The highest BCUT2D eigenvalue weighted by Crippen LogP contribution is 2.10. The fraction of sp³-hybridized carbons (Fsp3) is 0.571. The van der Waals surface area contributed by atoms with E-state index in [4.69, 9.17) is 0 Å². The maximum atomic E-state index is 13.2. The van der Waals surface area contributed by atoms with E-state index in [1.165, 1.54) is 0 Å². The highest BCUT2D eigenvalue weighted by atomic mass is 19.1. The largest absolute Gasteiger partial charge is 0.316 e. The highest BCUT2D eigenvalue weighted by molar-refractivity contribution is 5.23. The molecule has 0 saturated carbocycles. The third kappa shape index (κ3) is 4.75. The van der Waals surface area contributed by atoms with Gasteiger partial charge in [0.1, 0.15) is 5.82 Å². The molecule has 1 nitrogen and oxygen atoms in total. The number of halogens is 1. The van der Waals surface area contributed by atoms with Gasteiger partial charge in [-0.15, -0.1) is 0 Å². The molecule has 16 heavy (non-hydrogen) atoms. The van der Waals surface area contributed by atoms with E-state index in [9.17, 15) is 4.39 Å². The van der Waals surface area contributed by atoms with Crippen molar-refractivity contribution in [2.24, 2.45) is 5.92 Å². The van der Waals surface area contributed by atoms with Gasteiger partial charge >= 0.3 is 0 Å². The summed E-state index contributed by atoms with van der Waals surface area (Å²) in [6, 6.07) is 5.52. The first-order chi connectivity index (χ1) is 7.59. The summed E-state index contributed by atoms with van der Waals surface area (Å²) in [5, 5.41) is 3.39. The van der Waals surface area contributed by atoms with Crippen LogP contribution < -0.4 is 5.32 Å². The van der Waals surface area contributed by atoms with Crippen molar-refractivity contribution in [3.63, 3.8) is 0 Å². The van der Waals surface area contributed by atoms with E-state index in [2.05, 4.69) is 19.2 Å². The fourth-order valence-corrected chi connectivity index (χ4v) is 1.60. The minimum absolute atomic E-state index is 0.0901. The molecule has 0 bridgehead atoms. The second kappa shape index (κ2) is 6.64. The molecular formula is C14H22FN. The molecule has 1 aromatic carbocycles. The van der Waals surface area contributed by atoms with Crippen LogP contribution >= 0.6 is 0 Å². The molecule has 1 aromatic rings. The van der Waals surface area contributed by atoms with Crippen molar-refractivity contribution in [3.05, 3.63) is 35.1 Å². The number of nitrogens with one attached hydrogen (secondary N) is 1. The van der Waals surface area contributed by atoms with Gasteiger partial charge in [-0.2, -0.15) is 0 Å². The van der Waals surface area contributed by atoms with Crippen molar-refractivity contribution in [1.29, 1.82) is 0 Å². The van der Waals surface area contributed by atoms with Gasteiger partial charge in [0.25, 0.3) is 0 Å². The highest BCUT2D eigenvalue weighted by Gasteiger charge is 1.99. The second-order valence-corrected chi connectivity index (χ2v) is 4.79. The molecule has 0 radical (unpaired) electrons. The van der Waals surface area contributed by atoms with E-state index in [1.807, 2.05) is 12.1 Å². The summed E-state index contributed by atoms with van der Waals surface area (Å²) in [5.74, 6) is 0.601. The van der Waals surface area contributed by atoms with Crippen LogP contribution in [-0.2, 0) is 6.42 Å². The lowest BCUT2D eigenvalue weighted by atomic mass is 10.1.